The normalized spacial score (nSPS) is 10.7. The number of hydrogen-bond acceptors (Lipinski definition) is 1. The molecule has 0 saturated carbocycles. The highest BCUT2D eigenvalue weighted by Crippen LogP contribution is 2.19. The van der Waals surface area contributed by atoms with Gasteiger partial charge in [0, 0.05) is 18.7 Å². The van der Waals surface area contributed by atoms with Crippen molar-refractivity contribution in [3.8, 4) is 0 Å². The molecule has 0 saturated heterocycles. The van der Waals surface area contributed by atoms with Gasteiger partial charge in [-0.25, -0.2) is 0 Å². The van der Waals surface area contributed by atoms with Crippen molar-refractivity contribution in [3.63, 3.8) is 0 Å². The molecule has 0 aliphatic carbocycles. The number of nitrogens with zero attached hydrogens (tertiary/aromatic N) is 1. The second kappa shape index (κ2) is 7.88. The van der Waals surface area contributed by atoms with Crippen LogP contribution in [0.4, 0.5) is 0 Å². The Kier molecular flexibility index (Phi) is 4.97. The maximum atomic E-state index is 13.3. The van der Waals surface area contributed by atoms with E-state index < -0.39 is 0 Å². The molecule has 0 N–H and O–H groups in total. The van der Waals surface area contributed by atoms with Crippen LogP contribution in [-0.4, -0.2) is 10.8 Å². The van der Waals surface area contributed by atoms with Gasteiger partial charge in [-0.05, 0) is 34.0 Å². The molecule has 0 bridgehead atoms. The van der Waals surface area contributed by atoms with Crippen molar-refractivity contribution in [3.05, 3.63) is 120 Å². The molecule has 4 aromatic carbocycles. The van der Waals surface area contributed by atoms with E-state index in [2.05, 4.69) is 30.3 Å². The molecule has 27 heavy (non-hydrogen) atoms. The molecule has 0 spiro atoms. The van der Waals surface area contributed by atoms with Crippen molar-refractivity contribution in [1.82, 2.24) is 4.90 Å². The van der Waals surface area contributed by atoms with Crippen molar-refractivity contribution in [2.75, 3.05) is 0 Å². The Morgan fingerprint density at radius 1 is 0.593 bits per heavy atom. The highest BCUT2D eigenvalue weighted by molar-refractivity contribution is 5.98. The summed E-state index contributed by atoms with van der Waals surface area (Å²) in [4.78, 5) is 15.2. The van der Waals surface area contributed by atoms with Crippen LogP contribution < -0.4 is 0 Å². The molecule has 0 aliphatic rings. The van der Waals surface area contributed by atoms with Crippen LogP contribution in [0.5, 0.6) is 0 Å². The lowest BCUT2D eigenvalue weighted by Gasteiger charge is -2.23. The lowest BCUT2D eigenvalue weighted by molar-refractivity contribution is 0.0730. The number of carbonyl (C=O) groups is 1. The summed E-state index contributed by atoms with van der Waals surface area (Å²) in [6.07, 6.45) is 0. The second-order valence-electron chi connectivity index (χ2n) is 6.69. The second-order valence-corrected chi connectivity index (χ2v) is 6.69. The molecule has 0 fully saturated rings. The van der Waals surface area contributed by atoms with Gasteiger partial charge in [-0.15, -0.1) is 0 Å². The average molecular weight is 351 g/mol. The van der Waals surface area contributed by atoms with Gasteiger partial charge in [0.15, 0.2) is 0 Å². The fourth-order valence-corrected chi connectivity index (χ4v) is 3.31. The van der Waals surface area contributed by atoms with Crippen molar-refractivity contribution in [2.45, 2.75) is 13.1 Å². The molecule has 0 radical (unpaired) electrons. The van der Waals surface area contributed by atoms with Gasteiger partial charge >= 0.3 is 0 Å². The first-order valence-corrected chi connectivity index (χ1v) is 9.15. The minimum atomic E-state index is 0.0495. The van der Waals surface area contributed by atoms with E-state index in [0.29, 0.717) is 13.1 Å². The van der Waals surface area contributed by atoms with Gasteiger partial charge in [-0.2, -0.15) is 0 Å². The van der Waals surface area contributed by atoms with Gasteiger partial charge in [-0.3, -0.25) is 4.79 Å². The molecular weight excluding hydrogens is 330 g/mol. The van der Waals surface area contributed by atoms with Crippen LogP contribution in [0.25, 0.3) is 10.8 Å². The molecule has 4 aromatic rings. The monoisotopic (exact) mass is 351 g/mol. The summed E-state index contributed by atoms with van der Waals surface area (Å²) < 4.78 is 0. The molecule has 0 heterocycles. The molecule has 0 unspecified atom stereocenters. The van der Waals surface area contributed by atoms with E-state index in [9.17, 15) is 4.79 Å². The molecular formula is C25H21NO. The smallest absolute Gasteiger partial charge is 0.254 e. The van der Waals surface area contributed by atoms with Crippen molar-refractivity contribution in [1.29, 1.82) is 0 Å². The van der Waals surface area contributed by atoms with Crippen LogP contribution in [0.1, 0.15) is 21.5 Å². The number of rotatable bonds is 5. The SMILES string of the molecule is O=C(c1ccc2ccccc2c1)N(Cc1ccccc1)Cc1ccccc1. The first kappa shape index (κ1) is 17.0. The van der Waals surface area contributed by atoms with Gasteiger partial charge < -0.3 is 4.90 Å². The Morgan fingerprint density at radius 3 is 1.70 bits per heavy atom. The van der Waals surface area contributed by atoms with Crippen molar-refractivity contribution < 1.29 is 4.79 Å². The van der Waals surface area contributed by atoms with Crippen LogP contribution >= 0.6 is 0 Å². The number of hydrogen-bond donors (Lipinski definition) is 0. The van der Waals surface area contributed by atoms with E-state index in [1.54, 1.807) is 0 Å². The van der Waals surface area contributed by atoms with Crippen LogP contribution in [0.2, 0.25) is 0 Å². The predicted octanol–water partition coefficient (Wildman–Crippen LogP) is 5.68. The maximum Gasteiger partial charge on any atom is 0.254 e. The Bertz CT molecular complexity index is 1000. The summed E-state index contributed by atoms with van der Waals surface area (Å²) in [5.41, 5.74) is 2.98. The third-order valence-corrected chi connectivity index (χ3v) is 4.72. The quantitative estimate of drug-likeness (QED) is 0.453. The summed E-state index contributed by atoms with van der Waals surface area (Å²) in [5.74, 6) is 0.0495. The van der Waals surface area contributed by atoms with E-state index in [-0.39, 0.29) is 5.91 Å². The van der Waals surface area contributed by atoms with Crippen LogP contribution in [-0.2, 0) is 13.1 Å². The molecule has 1 amide bonds. The summed E-state index contributed by atoms with van der Waals surface area (Å²) in [6.45, 7) is 1.17. The zero-order chi connectivity index (χ0) is 18.5. The topological polar surface area (TPSA) is 20.3 Å². The molecule has 0 aromatic heterocycles. The lowest BCUT2D eigenvalue weighted by Crippen LogP contribution is -2.30. The number of benzene rings is 4. The van der Waals surface area contributed by atoms with E-state index in [1.165, 1.54) is 0 Å². The minimum absolute atomic E-state index is 0.0495. The molecule has 0 aliphatic heterocycles. The van der Waals surface area contributed by atoms with Crippen LogP contribution in [0.15, 0.2) is 103 Å². The third-order valence-electron chi connectivity index (χ3n) is 4.72. The Morgan fingerprint density at radius 2 is 1.11 bits per heavy atom. The third kappa shape index (κ3) is 4.06. The van der Waals surface area contributed by atoms with Crippen LogP contribution in [0, 0.1) is 0 Å². The predicted molar refractivity (Wildman–Crippen MR) is 110 cm³/mol. The minimum Gasteiger partial charge on any atom is -0.330 e. The van der Waals surface area contributed by atoms with Crippen molar-refractivity contribution >= 4 is 16.7 Å². The Hall–Kier alpha value is -3.39. The van der Waals surface area contributed by atoms with E-state index in [4.69, 9.17) is 0 Å². The molecule has 4 rings (SSSR count). The van der Waals surface area contributed by atoms with Crippen LogP contribution in [0.3, 0.4) is 0 Å². The van der Waals surface area contributed by atoms with Gasteiger partial charge in [0.1, 0.15) is 0 Å². The first-order valence-electron chi connectivity index (χ1n) is 9.15. The zero-order valence-electron chi connectivity index (χ0n) is 15.1. The van der Waals surface area contributed by atoms with Gasteiger partial charge in [-0.1, -0.05) is 91.0 Å². The molecule has 2 heteroatoms. The maximum absolute atomic E-state index is 13.3. The van der Waals surface area contributed by atoms with E-state index in [1.807, 2.05) is 77.7 Å². The fourth-order valence-electron chi connectivity index (χ4n) is 3.31. The molecule has 132 valence electrons. The van der Waals surface area contributed by atoms with E-state index in [0.717, 1.165) is 27.5 Å². The summed E-state index contributed by atoms with van der Waals surface area (Å²) >= 11 is 0. The first-order chi connectivity index (χ1) is 13.3. The van der Waals surface area contributed by atoms with Gasteiger partial charge in [0.25, 0.3) is 5.91 Å². The Labute approximate surface area is 159 Å². The Balaban J connectivity index is 1.66. The summed E-state index contributed by atoms with van der Waals surface area (Å²) in [6, 6.07) is 34.3. The zero-order valence-corrected chi connectivity index (χ0v) is 15.1. The highest BCUT2D eigenvalue weighted by Gasteiger charge is 2.17. The van der Waals surface area contributed by atoms with Gasteiger partial charge in [0.05, 0.1) is 0 Å². The largest absolute Gasteiger partial charge is 0.330 e. The standard InChI is InChI=1S/C25H21NO/c27-25(24-16-15-22-13-7-8-14-23(22)17-24)26(18-20-9-3-1-4-10-20)19-21-11-5-2-6-12-21/h1-17H,18-19H2. The number of carbonyl (C=O) groups excluding carboxylic acids is 1. The molecule has 0 atom stereocenters. The van der Waals surface area contributed by atoms with Gasteiger partial charge in [0.2, 0.25) is 0 Å². The van der Waals surface area contributed by atoms with E-state index >= 15 is 0 Å². The highest BCUT2D eigenvalue weighted by atomic mass is 16.2. The fraction of sp³-hybridized carbons (Fsp3) is 0.0800. The number of amides is 1. The average Bonchev–Trinajstić information content (AvgIpc) is 2.74. The number of fused-ring (bicyclic) bond motifs is 1. The van der Waals surface area contributed by atoms with Crippen molar-refractivity contribution in [2.24, 2.45) is 0 Å². The summed E-state index contributed by atoms with van der Waals surface area (Å²) in [5, 5.41) is 2.23. The molecule has 2 nitrogen and oxygen atoms in total. The lowest BCUT2D eigenvalue weighted by atomic mass is 10.1. The summed E-state index contributed by atoms with van der Waals surface area (Å²) in [7, 11) is 0.